The van der Waals surface area contributed by atoms with E-state index in [1.165, 1.54) is 6.33 Å². The zero-order valence-electron chi connectivity index (χ0n) is 28.7. The van der Waals surface area contributed by atoms with Gasteiger partial charge in [0.2, 0.25) is 5.91 Å². The van der Waals surface area contributed by atoms with E-state index in [1.54, 1.807) is 16.1 Å². The number of unbranched alkanes of at least 4 members (excludes halogenated alkanes) is 1. The molecule has 0 aliphatic carbocycles. The number of aromatic amines is 1. The Morgan fingerprint density at radius 2 is 1.45 bits per heavy atom. The number of H-pyrrole nitrogens is 1. The van der Waals surface area contributed by atoms with Crippen molar-refractivity contribution in [2.75, 3.05) is 18.0 Å². The highest BCUT2D eigenvalue weighted by Gasteiger charge is 2.27. The van der Waals surface area contributed by atoms with Gasteiger partial charge in [-0.25, -0.2) is 14.8 Å². The van der Waals surface area contributed by atoms with E-state index in [0.717, 1.165) is 35.2 Å². The van der Waals surface area contributed by atoms with Gasteiger partial charge in [0.15, 0.2) is 0 Å². The monoisotopic (exact) mass is 688 g/mol. The number of amides is 3. The maximum absolute atomic E-state index is 13.9. The lowest BCUT2D eigenvalue weighted by Crippen LogP contribution is -2.55. The summed E-state index contributed by atoms with van der Waals surface area (Å²) in [5.41, 5.74) is 6.98. The van der Waals surface area contributed by atoms with Gasteiger partial charge in [-0.05, 0) is 47.4 Å². The van der Waals surface area contributed by atoms with Crippen molar-refractivity contribution in [2.45, 2.75) is 52.0 Å². The lowest BCUT2D eigenvalue weighted by molar-refractivity contribution is -0.130. The van der Waals surface area contributed by atoms with Crippen molar-refractivity contribution in [2.24, 2.45) is 0 Å². The molecule has 264 valence electrons. The average molecular weight is 689 g/mol. The maximum Gasteiger partial charge on any atom is 0.408 e. The van der Waals surface area contributed by atoms with Crippen LogP contribution in [-0.2, 0) is 40.5 Å². The minimum Gasteiger partial charge on any atom is -0.489 e. The van der Waals surface area contributed by atoms with Crippen molar-refractivity contribution in [1.82, 2.24) is 25.7 Å². The van der Waals surface area contributed by atoms with Crippen LogP contribution in [0, 0.1) is 0 Å². The molecular formula is C40H44N6O5. The van der Waals surface area contributed by atoms with Gasteiger partial charge in [-0.2, -0.15) is 0 Å². The van der Waals surface area contributed by atoms with Crippen LogP contribution in [0.4, 0.5) is 10.5 Å². The molecule has 1 aromatic heterocycles. The van der Waals surface area contributed by atoms with Crippen molar-refractivity contribution >= 4 is 23.6 Å². The summed E-state index contributed by atoms with van der Waals surface area (Å²) in [5, 5.41) is 4.26. The fourth-order valence-corrected chi connectivity index (χ4v) is 5.32. The number of hydrogen-bond acceptors (Lipinski definition) is 7. The highest BCUT2D eigenvalue weighted by molar-refractivity contribution is 5.95. The Balaban J connectivity index is 1.32. The van der Waals surface area contributed by atoms with Crippen molar-refractivity contribution < 1.29 is 23.9 Å². The number of nitrogens with one attached hydrogen (secondary N) is 3. The third-order valence-electron chi connectivity index (χ3n) is 8.03. The molecule has 11 nitrogen and oxygen atoms in total. The molecule has 0 saturated heterocycles. The molecule has 3 amide bonds. The molecule has 0 spiro atoms. The summed E-state index contributed by atoms with van der Waals surface area (Å²) in [6.45, 7) is 3.17. The van der Waals surface area contributed by atoms with Crippen molar-refractivity contribution in [3.05, 3.63) is 150 Å². The molecule has 0 bridgehead atoms. The Kier molecular flexibility index (Phi) is 13.8. The Morgan fingerprint density at radius 3 is 2.08 bits per heavy atom. The molecular weight excluding hydrogens is 644 g/mol. The minimum absolute atomic E-state index is 0.0438. The van der Waals surface area contributed by atoms with Gasteiger partial charge in [0, 0.05) is 31.4 Å². The van der Waals surface area contributed by atoms with Gasteiger partial charge in [-0.3, -0.25) is 15.0 Å². The number of ether oxygens (including phenoxy) is 2. The predicted octanol–water partition coefficient (Wildman–Crippen LogP) is 6.19. The Labute approximate surface area is 298 Å². The van der Waals surface area contributed by atoms with E-state index in [2.05, 4.69) is 27.6 Å². The topological polar surface area (TPSA) is 129 Å². The van der Waals surface area contributed by atoms with Crippen LogP contribution >= 0.6 is 0 Å². The van der Waals surface area contributed by atoms with Crippen LogP contribution in [0.5, 0.6) is 5.75 Å². The highest BCUT2D eigenvalue weighted by Crippen LogP contribution is 2.18. The first-order valence-corrected chi connectivity index (χ1v) is 17.1. The molecule has 5 aromatic rings. The van der Waals surface area contributed by atoms with Crippen LogP contribution in [-0.4, -0.2) is 52.0 Å². The number of hydrogen-bond donors (Lipinski definition) is 3. The van der Waals surface area contributed by atoms with Gasteiger partial charge < -0.3 is 24.7 Å². The lowest BCUT2D eigenvalue weighted by Gasteiger charge is -2.29. The number of anilines is 1. The predicted molar refractivity (Wildman–Crippen MR) is 195 cm³/mol. The van der Waals surface area contributed by atoms with Crippen LogP contribution in [0.1, 0.15) is 42.1 Å². The molecule has 1 atom stereocenters. The number of rotatable bonds is 18. The minimum atomic E-state index is -1.05. The molecule has 0 fully saturated rings. The van der Waals surface area contributed by atoms with Gasteiger partial charge in [-0.1, -0.05) is 104 Å². The fraction of sp³-hybridized carbons (Fsp3) is 0.250. The summed E-state index contributed by atoms with van der Waals surface area (Å²) in [6, 6.07) is 35.1. The third kappa shape index (κ3) is 11.9. The zero-order valence-corrected chi connectivity index (χ0v) is 28.7. The fourth-order valence-electron chi connectivity index (χ4n) is 5.32. The first-order chi connectivity index (χ1) is 25.0. The highest BCUT2D eigenvalue weighted by atomic mass is 16.5. The smallest absolute Gasteiger partial charge is 0.408 e. The lowest BCUT2D eigenvalue weighted by atomic mass is 10.1. The molecule has 0 aliphatic rings. The molecule has 0 saturated carbocycles. The number of nitrogens with zero attached hydrogens (tertiary/aromatic N) is 3. The second-order valence-corrected chi connectivity index (χ2v) is 12.0. The maximum atomic E-state index is 13.9. The molecule has 51 heavy (non-hydrogen) atoms. The SMILES string of the molecule is CCCCN(C(=O)CN(Cc1ccc(OCc2ccccc2)cc1)NC(=O)C(Cc1c[nH]cn1)NC(=O)OCc1ccccc1)c1ccccc1. The van der Waals surface area contributed by atoms with E-state index in [4.69, 9.17) is 9.47 Å². The van der Waals surface area contributed by atoms with E-state index in [1.807, 2.05) is 115 Å². The Hall–Kier alpha value is -5.94. The number of para-hydroxylation sites is 1. The van der Waals surface area contributed by atoms with Crippen LogP contribution in [0.25, 0.3) is 0 Å². The summed E-state index contributed by atoms with van der Waals surface area (Å²) in [6.07, 6.45) is 4.24. The molecule has 11 heteroatoms. The van der Waals surface area contributed by atoms with E-state index < -0.39 is 18.0 Å². The van der Waals surface area contributed by atoms with Crippen LogP contribution in [0.3, 0.4) is 0 Å². The Bertz CT molecular complexity index is 1770. The largest absolute Gasteiger partial charge is 0.489 e. The second kappa shape index (κ2) is 19.3. The number of benzene rings is 4. The van der Waals surface area contributed by atoms with Gasteiger partial charge in [0.25, 0.3) is 5.91 Å². The van der Waals surface area contributed by atoms with Crippen molar-refractivity contribution in [3.63, 3.8) is 0 Å². The average Bonchev–Trinajstić information content (AvgIpc) is 3.68. The number of carbonyl (C=O) groups excluding carboxylic acids is 3. The van der Waals surface area contributed by atoms with E-state index in [-0.39, 0.29) is 32.0 Å². The molecule has 1 heterocycles. The van der Waals surface area contributed by atoms with Crippen LogP contribution in [0.2, 0.25) is 0 Å². The standard InChI is InChI=1S/C40H44N6O5/c1-2-3-23-46(35-17-11-6-12-18-35)38(47)27-45(26-31-19-21-36(22-20-31)50-28-32-13-7-4-8-14-32)44-39(48)37(24-34-25-41-30-42-34)43-40(49)51-29-33-15-9-5-10-16-33/h4-22,25,30,37H,2-3,23-24,26-29H2,1H3,(H,41,42)(H,43,49)(H,44,48). The van der Waals surface area contributed by atoms with Crippen molar-refractivity contribution in [1.29, 1.82) is 0 Å². The first kappa shape index (κ1) is 36.3. The van der Waals surface area contributed by atoms with Gasteiger partial charge in [-0.15, -0.1) is 0 Å². The number of aromatic nitrogens is 2. The normalized spacial score (nSPS) is 11.4. The number of carbonyl (C=O) groups is 3. The van der Waals surface area contributed by atoms with Gasteiger partial charge >= 0.3 is 6.09 Å². The quantitative estimate of drug-likeness (QED) is 0.0937. The number of imidazole rings is 1. The van der Waals surface area contributed by atoms with Gasteiger partial charge in [0.05, 0.1) is 18.6 Å². The Morgan fingerprint density at radius 1 is 0.804 bits per heavy atom. The zero-order chi connectivity index (χ0) is 35.7. The van der Waals surface area contributed by atoms with Crippen LogP contribution in [0.15, 0.2) is 128 Å². The summed E-state index contributed by atoms with van der Waals surface area (Å²) < 4.78 is 11.4. The van der Waals surface area contributed by atoms with E-state index in [0.29, 0.717) is 24.6 Å². The molecule has 4 aromatic carbocycles. The molecule has 0 radical (unpaired) electrons. The molecule has 0 aliphatic heterocycles. The summed E-state index contributed by atoms with van der Waals surface area (Å²) in [7, 11) is 0. The number of alkyl carbamates (subject to hydrolysis) is 1. The summed E-state index contributed by atoms with van der Waals surface area (Å²) in [5.74, 6) is -0.0108. The molecule has 3 N–H and O–H groups in total. The molecule has 1 unspecified atom stereocenters. The second-order valence-electron chi connectivity index (χ2n) is 12.0. The first-order valence-electron chi connectivity index (χ1n) is 17.1. The van der Waals surface area contributed by atoms with E-state index in [9.17, 15) is 14.4 Å². The summed E-state index contributed by atoms with van der Waals surface area (Å²) >= 11 is 0. The van der Waals surface area contributed by atoms with Crippen molar-refractivity contribution in [3.8, 4) is 5.75 Å². The summed E-state index contributed by atoms with van der Waals surface area (Å²) in [4.78, 5) is 49.7. The molecule has 5 rings (SSSR count). The number of hydrazine groups is 1. The van der Waals surface area contributed by atoms with Gasteiger partial charge in [0.1, 0.15) is 25.0 Å². The third-order valence-corrected chi connectivity index (χ3v) is 8.03. The van der Waals surface area contributed by atoms with Crippen LogP contribution < -0.4 is 20.4 Å². The van der Waals surface area contributed by atoms with E-state index >= 15 is 0 Å².